The Morgan fingerprint density at radius 2 is 2.27 bits per heavy atom. The van der Waals surface area contributed by atoms with E-state index >= 15 is 0 Å². The second-order valence-electron chi connectivity index (χ2n) is 3.28. The highest BCUT2D eigenvalue weighted by Crippen LogP contribution is 2.05. The minimum Gasteiger partial charge on any atom is -0.325 e. The summed E-state index contributed by atoms with van der Waals surface area (Å²) >= 11 is 0. The van der Waals surface area contributed by atoms with Gasteiger partial charge in [0.2, 0.25) is 0 Å². The fourth-order valence-corrected chi connectivity index (χ4v) is 1.42. The van der Waals surface area contributed by atoms with E-state index in [9.17, 15) is 0 Å². The molecule has 0 spiro atoms. The van der Waals surface area contributed by atoms with Gasteiger partial charge in [-0.15, -0.1) is 10.2 Å². The van der Waals surface area contributed by atoms with Crippen LogP contribution in [0.4, 0.5) is 0 Å². The summed E-state index contributed by atoms with van der Waals surface area (Å²) in [5.41, 5.74) is 6.57. The Labute approximate surface area is 86.9 Å². The van der Waals surface area contributed by atoms with Crippen molar-refractivity contribution in [3.05, 3.63) is 23.5 Å². The van der Waals surface area contributed by atoms with E-state index in [0.29, 0.717) is 18.9 Å². The molecule has 0 amide bonds. The van der Waals surface area contributed by atoms with Crippen LogP contribution in [0.5, 0.6) is 0 Å². The summed E-state index contributed by atoms with van der Waals surface area (Å²) in [6, 6.07) is 0. The lowest BCUT2D eigenvalue weighted by molar-refractivity contribution is 0.622. The fraction of sp³-hybridized carbons (Fsp3) is 0.500. The van der Waals surface area contributed by atoms with Crippen molar-refractivity contribution >= 4 is 0 Å². The summed E-state index contributed by atoms with van der Waals surface area (Å²) in [4.78, 5) is 5.62. The zero-order valence-corrected chi connectivity index (χ0v) is 8.75. The lowest BCUT2D eigenvalue weighted by Gasteiger charge is -2.05. The quantitative estimate of drug-likeness (QED) is 0.713. The van der Waals surface area contributed by atoms with E-state index < -0.39 is 0 Å². The number of tetrazole rings is 1. The maximum Gasteiger partial charge on any atom is 0.194 e. The highest BCUT2D eigenvalue weighted by molar-refractivity contribution is 5.05. The molecule has 7 nitrogen and oxygen atoms in total. The van der Waals surface area contributed by atoms with Gasteiger partial charge in [-0.25, -0.2) is 4.98 Å². The van der Waals surface area contributed by atoms with E-state index in [1.165, 1.54) is 4.80 Å². The molecule has 7 heteroatoms. The summed E-state index contributed by atoms with van der Waals surface area (Å²) in [6.45, 7) is 2.95. The molecular formula is C8H13N7. The molecule has 0 radical (unpaired) electrons. The topological polar surface area (TPSA) is 87.4 Å². The number of aromatic nitrogens is 6. The van der Waals surface area contributed by atoms with Crippen molar-refractivity contribution in [3.8, 4) is 0 Å². The zero-order valence-electron chi connectivity index (χ0n) is 8.75. The maximum absolute atomic E-state index is 5.60. The molecule has 15 heavy (non-hydrogen) atoms. The predicted molar refractivity (Wildman–Crippen MR) is 52.8 cm³/mol. The smallest absolute Gasteiger partial charge is 0.194 e. The third kappa shape index (κ3) is 1.86. The van der Waals surface area contributed by atoms with Crippen LogP contribution in [0.25, 0.3) is 0 Å². The molecular weight excluding hydrogens is 194 g/mol. The molecule has 80 valence electrons. The first-order chi connectivity index (χ1) is 7.20. The first kappa shape index (κ1) is 9.78. The van der Waals surface area contributed by atoms with Crippen LogP contribution in [0, 0.1) is 6.92 Å². The Balaban J connectivity index is 2.26. The summed E-state index contributed by atoms with van der Waals surface area (Å²) < 4.78 is 1.98. The Morgan fingerprint density at radius 1 is 1.47 bits per heavy atom. The van der Waals surface area contributed by atoms with Gasteiger partial charge in [0.15, 0.2) is 5.82 Å². The predicted octanol–water partition coefficient (Wildman–Crippen LogP) is -0.778. The van der Waals surface area contributed by atoms with Crippen LogP contribution in [-0.2, 0) is 20.1 Å². The Kier molecular flexibility index (Phi) is 2.46. The second-order valence-corrected chi connectivity index (χ2v) is 3.28. The number of rotatable bonds is 3. The SMILES string of the molecule is Cc1ncc(CN)n1Cc1nnn(C)n1. The molecule has 2 rings (SSSR count). The van der Waals surface area contributed by atoms with E-state index in [0.717, 1.165) is 11.5 Å². The molecule has 0 saturated heterocycles. The number of imidazole rings is 1. The number of hydrogen-bond donors (Lipinski definition) is 1. The Morgan fingerprint density at radius 3 is 2.87 bits per heavy atom. The minimum absolute atomic E-state index is 0.459. The van der Waals surface area contributed by atoms with Crippen molar-refractivity contribution in [1.82, 2.24) is 29.8 Å². The lowest BCUT2D eigenvalue weighted by atomic mass is 10.4. The molecule has 2 heterocycles. The number of nitrogens with zero attached hydrogens (tertiary/aromatic N) is 6. The van der Waals surface area contributed by atoms with Gasteiger partial charge in [0.05, 0.1) is 19.3 Å². The molecule has 0 saturated carbocycles. The van der Waals surface area contributed by atoms with Crippen LogP contribution in [0.15, 0.2) is 6.20 Å². The highest BCUT2D eigenvalue weighted by Gasteiger charge is 2.08. The Bertz CT molecular complexity index is 455. The zero-order chi connectivity index (χ0) is 10.8. The van der Waals surface area contributed by atoms with E-state index in [2.05, 4.69) is 20.4 Å². The van der Waals surface area contributed by atoms with Gasteiger partial charge in [0.25, 0.3) is 0 Å². The second kappa shape index (κ2) is 3.77. The van der Waals surface area contributed by atoms with Crippen molar-refractivity contribution in [2.24, 2.45) is 12.8 Å². The molecule has 0 aromatic carbocycles. The first-order valence-corrected chi connectivity index (χ1v) is 4.64. The monoisotopic (exact) mass is 207 g/mol. The van der Waals surface area contributed by atoms with Crippen LogP contribution in [-0.4, -0.2) is 29.8 Å². The molecule has 0 unspecified atom stereocenters. The van der Waals surface area contributed by atoms with E-state index in [-0.39, 0.29) is 0 Å². The van der Waals surface area contributed by atoms with Gasteiger partial charge >= 0.3 is 0 Å². The van der Waals surface area contributed by atoms with Crippen LogP contribution < -0.4 is 5.73 Å². The van der Waals surface area contributed by atoms with Crippen LogP contribution in [0.1, 0.15) is 17.3 Å². The summed E-state index contributed by atoms with van der Waals surface area (Å²) in [5, 5.41) is 11.8. The van der Waals surface area contributed by atoms with Crippen molar-refractivity contribution in [1.29, 1.82) is 0 Å². The summed E-state index contributed by atoms with van der Waals surface area (Å²) in [5.74, 6) is 1.57. The number of hydrogen-bond acceptors (Lipinski definition) is 5. The van der Waals surface area contributed by atoms with Crippen molar-refractivity contribution in [2.75, 3.05) is 0 Å². The molecule has 0 aliphatic heterocycles. The molecule has 2 aromatic heterocycles. The van der Waals surface area contributed by atoms with E-state index in [1.54, 1.807) is 13.2 Å². The molecule has 0 atom stereocenters. The molecule has 0 aliphatic carbocycles. The van der Waals surface area contributed by atoms with Crippen LogP contribution >= 0.6 is 0 Å². The molecule has 0 aliphatic rings. The molecule has 2 N–H and O–H groups in total. The van der Waals surface area contributed by atoms with Gasteiger partial charge in [0.1, 0.15) is 5.82 Å². The Hall–Kier alpha value is -1.76. The third-order valence-electron chi connectivity index (χ3n) is 2.20. The summed E-state index contributed by atoms with van der Waals surface area (Å²) in [6.07, 6.45) is 1.77. The highest BCUT2D eigenvalue weighted by atomic mass is 15.6. The van der Waals surface area contributed by atoms with Crippen LogP contribution in [0.3, 0.4) is 0 Å². The van der Waals surface area contributed by atoms with E-state index in [4.69, 9.17) is 5.73 Å². The van der Waals surface area contributed by atoms with Gasteiger partial charge in [-0.1, -0.05) is 0 Å². The van der Waals surface area contributed by atoms with Crippen molar-refractivity contribution in [3.63, 3.8) is 0 Å². The number of aryl methyl sites for hydroxylation is 2. The summed E-state index contributed by atoms with van der Waals surface area (Å²) in [7, 11) is 1.74. The van der Waals surface area contributed by atoms with Gasteiger partial charge < -0.3 is 10.3 Å². The third-order valence-corrected chi connectivity index (χ3v) is 2.20. The van der Waals surface area contributed by atoms with Gasteiger partial charge in [-0.05, 0) is 12.1 Å². The largest absolute Gasteiger partial charge is 0.325 e. The average Bonchev–Trinajstić information content (AvgIpc) is 2.76. The minimum atomic E-state index is 0.459. The van der Waals surface area contributed by atoms with Gasteiger partial charge in [-0.2, -0.15) is 4.80 Å². The number of nitrogens with two attached hydrogens (primary N) is 1. The van der Waals surface area contributed by atoms with E-state index in [1.807, 2.05) is 11.5 Å². The van der Waals surface area contributed by atoms with Crippen molar-refractivity contribution in [2.45, 2.75) is 20.0 Å². The van der Waals surface area contributed by atoms with Gasteiger partial charge in [-0.3, -0.25) is 0 Å². The molecule has 2 aromatic rings. The average molecular weight is 207 g/mol. The first-order valence-electron chi connectivity index (χ1n) is 4.64. The normalized spacial score (nSPS) is 10.9. The molecule has 0 fully saturated rings. The molecule has 0 bridgehead atoms. The maximum atomic E-state index is 5.60. The fourth-order valence-electron chi connectivity index (χ4n) is 1.42. The van der Waals surface area contributed by atoms with Crippen LogP contribution in [0.2, 0.25) is 0 Å². The standard InChI is InChI=1S/C8H13N7/c1-6-10-4-7(3-9)15(6)5-8-11-13-14(2)12-8/h4H,3,5,9H2,1-2H3. The van der Waals surface area contributed by atoms with Crippen molar-refractivity contribution < 1.29 is 0 Å². The lowest BCUT2D eigenvalue weighted by Crippen LogP contribution is -2.11. The van der Waals surface area contributed by atoms with Gasteiger partial charge in [0, 0.05) is 12.7 Å².